The topological polar surface area (TPSA) is 105 Å². The zero-order valence-corrected chi connectivity index (χ0v) is 12.2. The van der Waals surface area contributed by atoms with Gasteiger partial charge in [-0.2, -0.15) is 0 Å². The van der Waals surface area contributed by atoms with E-state index in [-0.39, 0.29) is 24.2 Å². The van der Waals surface area contributed by atoms with Gasteiger partial charge < -0.3 is 10.4 Å². The van der Waals surface area contributed by atoms with Crippen LogP contribution in [0.15, 0.2) is 30.5 Å². The van der Waals surface area contributed by atoms with Gasteiger partial charge in [-0.25, -0.2) is 0 Å². The molecule has 0 spiro atoms. The summed E-state index contributed by atoms with van der Waals surface area (Å²) < 4.78 is 0. The number of carbonyl (C=O) groups excluding carboxylic acids is 1. The van der Waals surface area contributed by atoms with Crippen LogP contribution in [0.2, 0.25) is 0 Å². The second-order valence-corrected chi connectivity index (χ2v) is 5.03. The number of nitro groups is 1. The van der Waals surface area contributed by atoms with Gasteiger partial charge in [0, 0.05) is 24.9 Å². The molecular weight excluding hydrogens is 286 g/mol. The van der Waals surface area contributed by atoms with E-state index in [4.69, 9.17) is 5.11 Å². The monoisotopic (exact) mass is 303 g/mol. The fraction of sp³-hybridized carbons (Fsp3) is 0.333. The van der Waals surface area contributed by atoms with Gasteiger partial charge in [0.2, 0.25) is 0 Å². The number of pyridine rings is 1. The lowest BCUT2D eigenvalue weighted by atomic mass is 10.1. The number of amides is 1. The lowest BCUT2D eigenvalue weighted by Gasteiger charge is -2.14. The zero-order valence-electron chi connectivity index (χ0n) is 12.2. The molecule has 7 heteroatoms. The molecule has 0 saturated carbocycles. The predicted octanol–water partition coefficient (Wildman–Crippen LogP) is 2.03. The van der Waals surface area contributed by atoms with E-state index in [2.05, 4.69) is 10.3 Å². The maximum Gasteiger partial charge on any atom is 0.278 e. The summed E-state index contributed by atoms with van der Waals surface area (Å²) in [5.41, 5.74) is 0.536. The fourth-order valence-electron chi connectivity index (χ4n) is 2.27. The maximum atomic E-state index is 12.3. The average molecular weight is 303 g/mol. The predicted molar refractivity (Wildman–Crippen MR) is 81.6 cm³/mol. The van der Waals surface area contributed by atoms with Crippen LogP contribution in [0.5, 0.6) is 0 Å². The van der Waals surface area contributed by atoms with Crippen LogP contribution in [-0.2, 0) is 0 Å². The third kappa shape index (κ3) is 3.37. The molecule has 1 aromatic carbocycles. The first-order valence-corrected chi connectivity index (χ1v) is 6.98. The van der Waals surface area contributed by atoms with Crippen LogP contribution in [0.25, 0.3) is 10.9 Å². The molecule has 0 saturated heterocycles. The molecule has 2 aromatic rings. The molecule has 0 fully saturated rings. The summed E-state index contributed by atoms with van der Waals surface area (Å²) in [7, 11) is 0. The normalized spacial score (nSPS) is 12.1. The molecule has 2 N–H and O–H groups in total. The van der Waals surface area contributed by atoms with E-state index in [9.17, 15) is 14.9 Å². The molecule has 0 aliphatic heterocycles. The molecule has 1 aromatic heterocycles. The Labute approximate surface area is 127 Å². The van der Waals surface area contributed by atoms with E-state index in [1.807, 2.05) is 6.92 Å². The highest BCUT2D eigenvalue weighted by Crippen LogP contribution is 2.26. The van der Waals surface area contributed by atoms with Crippen molar-refractivity contribution in [1.29, 1.82) is 0 Å². The number of rotatable bonds is 6. The number of benzene rings is 1. The molecule has 0 radical (unpaired) electrons. The van der Waals surface area contributed by atoms with E-state index < -0.39 is 4.92 Å². The van der Waals surface area contributed by atoms with Crippen LogP contribution in [-0.4, -0.2) is 33.6 Å². The number of aliphatic hydroxyl groups is 1. The second kappa shape index (κ2) is 6.95. The average Bonchev–Trinajstić information content (AvgIpc) is 2.51. The highest BCUT2D eigenvalue weighted by atomic mass is 16.6. The number of carbonyl (C=O) groups is 1. The molecule has 116 valence electrons. The molecule has 1 atom stereocenters. The lowest BCUT2D eigenvalue weighted by Crippen LogP contribution is -2.32. The minimum atomic E-state index is -0.491. The summed E-state index contributed by atoms with van der Waals surface area (Å²) in [4.78, 5) is 27.0. The van der Waals surface area contributed by atoms with Gasteiger partial charge in [0.05, 0.1) is 21.4 Å². The summed E-state index contributed by atoms with van der Waals surface area (Å²) in [5.74, 6) is -0.330. The minimum Gasteiger partial charge on any atom is -0.396 e. The van der Waals surface area contributed by atoms with Gasteiger partial charge in [-0.3, -0.25) is 19.9 Å². The molecule has 1 heterocycles. The highest BCUT2D eigenvalue weighted by Gasteiger charge is 2.19. The Morgan fingerprint density at radius 3 is 2.91 bits per heavy atom. The van der Waals surface area contributed by atoms with Crippen molar-refractivity contribution in [3.8, 4) is 0 Å². The molecule has 1 unspecified atom stereocenters. The van der Waals surface area contributed by atoms with Crippen molar-refractivity contribution in [2.75, 3.05) is 6.61 Å². The molecule has 7 nitrogen and oxygen atoms in total. The van der Waals surface area contributed by atoms with Gasteiger partial charge in [0.1, 0.15) is 0 Å². The van der Waals surface area contributed by atoms with Crippen LogP contribution in [0, 0.1) is 10.1 Å². The van der Waals surface area contributed by atoms with Crippen LogP contribution in [0.1, 0.15) is 30.1 Å². The van der Waals surface area contributed by atoms with Crippen LogP contribution in [0.3, 0.4) is 0 Å². The third-order valence-corrected chi connectivity index (χ3v) is 3.36. The maximum absolute atomic E-state index is 12.3. The number of nitrogens with one attached hydrogen (secondary N) is 1. The molecule has 0 aliphatic rings. The largest absolute Gasteiger partial charge is 0.396 e. The van der Waals surface area contributed by atoms with Crippen molar-refractivity contribution in [3.05, 3.63) is 46.1 Å². The smallest absolute Gasteiger partial charge is 0.278 e. The summed E-state index contributed by atoms with van der Waals surface area (Å²) in [5, 5.41) is 23.0. The number of aliphatic hydroxyl groups excluding tert-OH is 1. The molecular formula is C15H17N3O4. The number of hydrogen-bond acceptors (Lipinski definition) is 5. The van der Waals surface area contributed by atoms with Gasteiger partial charge in [-0.05, 0) is 38.0 Å². The Kier molecular flexibility index (Phi) is 5.00. The van der Waals surface area contributed by atoms with E-state index in [0.29, 0.717) is 29.3 Å². The SMILES string of the molecule is CC(CCCO)NC(=O)c1ccc([N+](=O)[O-])c2cccnc12. The summed E-state index contributed by atoms with van der Waals surface area (Å²) in [6.07, 6.45) is 2.75. The number of aromatic nitrogens is 1. The molecule has 22 heavy (non-hydrogen) atoms. The van der Waals surface area contributed by atoms with Gasteiger partial charge in [-0.15, -0.1) is 0 Å². The van der Waals surface area contributed by atoms with Crippen molar-refractivity contribution in [3.63, 3.8) is 0 Å². The number of nitrogens with zero attached hydrogens (tertiary/aromatic N) is 2. The molecule has 0 aliphatic carbocycles. The Hall–Kier alpha value is -2.54. The molecule has 2 rings (SSSR count). The first-order valence-electron chi connectivity index (χ1n) is 6.98. The number of non-ortho nitro benzene ring substituents is 1. The first-order chi connectivity index (χ1) is 10.5. The Balaban J connectivity index is 2.34. The van der Waals surface area contributed by atoms with E-state index in [0.717, 1.165) is 0 Å². The van der Waals surface area contributed by atoms with Crippen molar-refractivity contribution in [2.24, 2.45) is 0 Å². The van der Waals surface area contributed by atoms with Gasteiger partial charge in [0.25, 0.3) is 11.6 Å². The van der Waals surface area contributed by atoms with Crippen LogP contribution >= 0.6 is 0 Å². The standard InChI is InChI=1S/C15H17N3O4/c1-10(4-3-9-19)17-15(20)12-6-7-13(18(21)22)11-5-2-8-16-14(11)12/h2,5-8,10,19H,3-4,9H2,1H3,(H,17,20). The number of hydrogen-bond donors (Lipinski definition) is 2. The van der Waals surface area contributed by atoms with Crippen molar-refractivity contribution in [1.82, 2.24) is 10.3 Å². The summed E-state index contributed by atoms with van der Waals surface area (Å²) in [6, 6.07) is 5.81. The van der Waals surface area contributed by atoms with E-state index in [1.54, 1.807) is 12.1 Å². The fourth-order valence-corrected chi connectivity index (χ4v) is 2.27. The first kappa shape index (κ1) is 15.8. The lowest BCUT2D eigenvalue weighted by molar-refractivity contribution is -0.383. The number of fused-ring (bicyclic) bond motifs is 1. The van der Waals surface area contributed by atoms with E-state index >= 15 is 0 Å². The van der Waals surface area contributed by atoms with Crippen molar-refractivity contribution >= 4 is 22.5 Å². The van der Waals surface area contributed by atoms with Gasteiger partial charge in [0.15, 0.2) is 0 Å². The third-order valence-electron chi connectivity index (χ3n) is 3.36. The van der Waals surface area contributed by atoms with Gasteiger partial charge >= 0.3 is 0 Å². The second-order valence-electron chi connectivity index (χ2n) is 5.03. The van der Waals surface area contributed by atoms with Crippen LogP contribution < -0.4 is 5.32 Å². The zero-order chi connectivity index (χ0) is 16.1. The minimum absolute atomic E-state index is 0.0717. The summed E-state index contributed by atoms with van der Waals surface area (Å²) >= 11 is 0. The summed E-state index contributed by atoms with van der Waals surface area (Å²) in [6.45, 7) is 1.91. The Morgan fingerprint density at radius 2 is 2.23 bits per heavy atom. The Bertz CT molecular complexity index is 702. The highest BCUT2D eigenvalue weighted by molar-refractivity contribution is 6.07. The van der Waals surface area contributed by atoms with E-state index in [1.165, 1.54) is 18.3 Å². The van der Waals surface area contributed by atoms with Gasteiger partial charge in [-0.1, -0.05) is 0 Å². The van der Waals surface area contributed by atoms with Crippen LogP contribution in [0.4, 0.5) is 5.69 Å². The van der Waals surface area contributed by atoms with Crippen molar-refractivity contribution < 1.29 is 14.8 Å². The molecule has 1 amide bonds. The number of nitro benzene ring substituents is 1. The van der Waals surface area contributed by atoms with Crippen molar-refractivity contribution in [2.45, 2.75) is 25.8 Å². The quantitative estimate of drug-likeness (QED) is 0.627. The molecule has 0 bridgehead atoms. The Morgan fingerprint density at radius 1 is 1.45 bits per heavy atom.